The molecule has 2 nitrogen and oxygen atoms in total. The van der Waals surface area contributed by atoms with Crippen molar-refractivity contribution < 1.29 is 8.78 Å². The fourth-order valence-electron chi connectivity index (χ4n) is 2.58. The number of anilines is 1. The molecule has 0 saturated carbocycles. The van der Waals surface area contributed by atoms with Crippen molar-refractivity contribution in [3.63, 3.8) is 0 Å². The summed E-state index contributed by atoms with van der Waals surface area (Å²) < 4.78 is 30.2. The van der Waals surface area contributed by atoms with Gasteiger partial charge in [0.25, 0.3) is 5.92 Å². The van der Waals surface area contributed by atoms with E-state index in [1.807, 2.05) is 37.3 Å². The van der Waals surface area contributed by atoms with Crippen LogP contribution in [0.2, 0.25) is 10.0 Å². The maximum Gasteiger partial charge on any atom is 0.257 e. The van der Waals surface area contributed by atoms with Gasteiger partial charge in [0, 0.05) is 24.1 Å². The molecule has 7 heteroatoms. The van der Waals surface area contributed by atoms with Crippen LogP contribution >= 0.6 is 35.1 Å². The number of para-hydroxylation sites is 1. The number of hydrogen-bond acceptors (Lipinski definition) is 3. The molecule has 0 aliphatic carbocycles. The Kier molecular flexibility index (Phi) is 8.02. The van der Waals surface area contributed by atoms with Gasteiger partial charge in [-0.2, -0.15) is 0 Å². The van der Waals surface area contributed by atoms with Crippen LogP contribution in [-0.2, 0) is 6.54 Å². The van der Waals surface area contributed by atoms with Crippen LogP contribution < -0.4 is 4.72 Å². The van der Waals surface area contributed by atoms with Crippen LogP contribution in [0.25, 0.3) is 0 Å². The van der Waals surface area contributed by atoms with Crippen LogP contribution in [0.5, 0.6) is 0 Å². The normalized spacial score (nSPS) is 11.8. The lowest BCUT2D eigenvalue weighted by atomic mass is 10.1. The van der Waals surface area contributed by atoms with E-state index in [9.17, 15) is 8.78 Å². The Morgan fingerprint density at radius 1 is 1.12 bits per heavy atom. The smallest absolute Gasteiger partial charge is 0.257 e. The zero-order valence-electron chi connectivity index (χ0n) is 14.7. The summed E-state index contributed by atoms with van der Waals surface area (Å²) in [6.45, 7) is 3.78. The Morgan fingerprint density at radius 3 is 2.50 bits per heavy atom. The lowest BCUT2D eigenvalue weighted by Crippen LogP contribution is -2.35. The number of alkyl halides is 2. The molecule has 2 aromatic rings. The maximum absolute atomic E-state index is 13.5. The second-order valence-corrected chi connectivity index (χ2v) is 7.91. The van der Waals surface area contributed by atoms with Gasteiger partial charge in [-0.25, -0.2) is 8.78 Å². The minimum atomic E-state index is -2.72. The highest BCUT2D eigenvalue weighted by atomic mass is 35.5. The zero-order chi connectivity index (χ0) is 19.2. The van der Waals surface area contributed by atoms with Crippen LogP contribution in [0.3, 0.4) is 0 Å². The summed E-state index contributed by atoms with van der Waals surface area (Å²) in [4.78, 5) is 2.70. The van der Waals surface area contributed by atoms with Crippen molar-refractivity contribution >= 4 is 40.8 Å². The summed E-state index contributed by atoms with van der Waals surface area (Å²) >= 11 is 13.4. The van der Waals surface area contributed by atoms with Gasteiger partial charge in [-0.1, -0.05) is 48.3 Å². The van der Waals surface area contributed by atoms with E-state index in [1.54, 1.807) is 17.0 Å². The van der Waals surface area contributed by atoms with Crippen molar-refractivity contribution in [3.8, 4) is 0 Å². The lowest BCUT2D eigenvalue weighted by Gasteiger charge is -2.26. The van der Waals surface area contributed by atoms with Crippen molar-refractivity contribution in [2.75, 3.05) is 17.8 Å². The molecule has 0 saturated heterocycles. The first kappa shape index (κ1) is 21.3. The fourth-order valence-corrected chi connectivity index (χ4v) is 3.68. The molecule has 0 aromatic heterocycles. The van der Waals surface area contributed by atoms with E-state index in [-0.39, 0.29) is 6.54 Å². The minimum absolute atomic E-state index is 0.255. The molecule has 0 aliphatic heterocycles. The first-order valence-corrected chi connectivity index (χ1v) is 9.91. The second-order valence-electron chi connectivity index (χ2n) is 6.22. The average molecular weight is 419 g/mol. The van der Waals surface area contributed by atoms with Gasteiger partial charge >= 0.3 is 0 Å². The molecule has 0 radical (unpaired) electrons. The number of nitrogens with zero attached hydrogens (tertiary/aromatic N) is 1. The Bertz CT molecular complexity index is 723. The van der Waals surface area contributed by atoms with Crippen molar-refractivity contribution in [1.29, 1.82) is 0 Å². The van der Waals surface area contributed by atoms with Gasteiger partial charge in [-0.05, 0) is 54.7 Å². The summed E-state index contributed by atoms with van der Waals surface area (Å²) in [6.07, 6.45) is 0.823. The van der Waals surface area contributed by atoms with Gasteiger partial charge < -0.3 is 4.72 Å². The van der Waals surface area contributed by atoms with Gasteiger partial charge in [-0.3, -0.25) is 4.90 Å². The Balaban J connectivity index is 2.09. The molecule has 2 aromatic carbocycles. The molecule has 0 spiro atoms. The first-order chi connectivity index (χ1) is 12.3. The highest BCUT2D eigenvalue weighted by Crippen LogP contribution is 2.30. The molecule has 0 heterocycles. The maximum atomic E-state index is 13.5. The third kappa shape index (κ3) is 6.95. The van der Waals surface area contributed by atoms with Crippen molar-refractivity contribution in [2.45, 2.75) is 37.6 Å². The third-order valence-electron chi connectivity index (χ3n) is 3.62. The molecule has 0 bridgehead atoms. The number of benzene rings is 2. The standard InChI is InChI=1S/C19H22Cl2F2N2S/c1-3-10-25(13-19(2,22)23)12-14-6-4-5-7-18(14)24-26-15-8-9-16(20)17(21)11-15/h4-9,11,24H,3,10,12-13H2,1-2H3. The van der Waals surface area contributed by atoms with Crippen LogP contribution in [0, 0.1) is 0 Å². The lowest BCUT2D eigenvalue weighted by molar-refractivity contribution is -0.0165. The van der Waals surface area contributed by atoms with E-state index < -0.39 is 5.92 Å². The van der Waals surface area contributed by atoms with Crippen LogP contribution in [0.15, 0.2) is 47.4 Å². The number of hydrogen-bond donors (Lipinski definition) is 1. The molecule has 142 valence electrons. The highest BCUT2D eigenvalue weighted by Gasteiger charge is 2.25. The molecule has 1 N–H and O–H groups in total. The summed E-state index contributed by atoms with van der Waals surface area (Å²) in [5.74, 6) is -2.72. The summed E-state index contributed by atoms with van der Waals surface area (Å²) in [5.41, 5.74) is 1.86. The van der Waals surface area contributed by atoms with E-state index >= 15 is 0 Å². The molecule has 2 rings (SSSR count). The summed E-state index contributed by atoms with van der Waals surface area (Å²) in [7, 11) is 0. The third-order valence-corrected chi connectivity index (χ3v) is 5.17. The van der Waals surface area contributed by atoms with Crippen LogP contribution in [0.4, 0.5) is 14.5 Å². The Hall–Kier alpha value is -1.01. The molecule has 0 unspecified atom stereocenters. The van der Waals surface area contributed by atoms with E-state index in [0.29, 0.717) is 23.1 Å². The predicted octanol–water partition coefficient (Wildman–Crippen LogP) is 6.98. The topological polar surface area (TPSA) is 15.3 Å². The van der Waals surface area contributed by atoms with Gasteiger partial charge in [0.05, 0.1) is 16.6 Å². The van der Waals surface area contributed by atoms with Gasteiger partial charge in [0.15, 0.2) is 0 Å². The fraction of sp³-hybridized carbons (Fsp3) is 0.368. The van der Waals surface area contributed by atoms with Crippen molar-refractivity contribution in [3.05, 3.63) is 58.1 Å². The van der Waals surface area contributed by atoms with Crippen molar-refractivity contribution in [1.82, 2.24) is 4.90 Å². The van der Waals surface area contributed by atoms with Crippen molar-refractivity contribution in [2.24, 2.45) is 0 Å². The van der Waals surface area contributed by atoms with E-state index in [2.05, 4.69) is 4.72 Å². The van der Waals surface area contributed by atoms with Crippen LogP contribution in [-0.4, -0.2) is 23.9 Å². The Morgan fingerprint density at radius 2 is 1.85 bits per heavy atom. The average Bonchev–Trinajstić information content (AvgIpc) is 2.56. The molecule has 0 fully saturated rings. The van der Waals surface area contributed by atoms with Crippen LogP contribution in [0.1, 0.15) is 25.8 Å². The number of rotatable bonds is 9. The van der Waals surface area contributed by atoms with Gasteiger partial charge in [0.2, 0.25) is 0 Å². The summed E-state index contributed by atoms with van der Waals surface area (Å²) in [5, 5.41) is 0.998. The van der Waals surface area contributed by atoms with E-state index in [0.717, 1.165) is 29.5 Å². The Labute approximate surface area is 168 Å². The molecule has 0 atom stereocenters. The largest absolute Gasteiger partial charge is 0.325 e. The van der Waals surface area contributed by atoms with E-state index in [4.69, 9.17) is 23.2 Å². The monoisotopic (exact) mass is 418 g/mol. The number of halogens is 4. The molecular weight excluding hydrogens is 397 g/mol. The molecular formula is C19H22Cl2F2N2S. The summed E-state index contributed by atoms with van der Waals surface area (Å²) in [6, 6.07) is 13.1. The van der Waals surface area contributed by atoms with E-state index in [1.165, 1.54) is 11.9 Å². The highest BCUT2D eigenvalue weighted by molar-refractivity contribution is 8.00. The van der Waals surface area contributed by atoms with Gasteiger partial charge in [0.1, 0.15) is 0 Å². The first-order valence-electron chi connectivity index (χ1n) is 8.34. The predicted molar refractivity (Wildman–Crippen MR) is 109 cm³/mol. The molecule has 0 amide bonds. The van der Waals surface area contributed by atoms with Gasteiger partial charge in [-0.15, -0.1) is 0 Å². The second kappa shape index (κ2) is 9.79. The molecule has 26 heavy (non-hydrogen) atoms. The SMILES string of the molecule is CCCN(Cc1ccccc1NSc1ccc(Cl)c(Cl)c1)CC(C)(F)F. The number of nitrogens with one attached hydrogen (secondary N) is 1. The zero-order valence-corrected chi connectivity index (χ0v) is 17.1. The molecule has 0 aliphatic rings. The quantitative estimate of drug-likeness (QED) is 0.442. The minimum Gasteiger partial charge on any atom is -0.325 e.